The van der Waals surface area contributed by atoms with E-state index in [2.05, 4.69) is 34.9 Å². The number of benzene rings is 2. The molecule has 3 N–H and O–H groups in total. The van der Waals surface area contributed by atoms with Gasteiger partial charge in [-0.1, -0.05) is 48.5 Å². The summed E-state index contributed by atoms with van der Waals surface area (Å²) in [5, 5.41) is 15.0. The third-order valence-electron chi connectivity index (χ3n) is 6.54. The van der Waals surface area contributed by atoms with Gasteiger partial charge in [0.2, 0.25) is 5.91 Å². The predicted octanol–water partition coefficient (Wildman–Crippen LogP) is 4.16. The number of fused-ring (bicyclic) bond motifs is 3. The number of amides is 2. The first kappa shape index (κ1) is 24.1. The van der Waals surface area contributed by atoms with Crippen molar-refractivity contribution in [1.82, 2.24) is 10.6 Å². The van der Waals surface area contributed by atoms with Crippen molar-refractivity contribution < 1.29 is 24.2 Å². The molecule has 0 unspecified atom stereocenters. The molecule has 8 heteroatoms. The van der Waals surface area contributed by atoms with Gasteiger partial charge in [-0.15, -0.1) is 0 Å². The van der Waals surface area contributed by atoms with Crippen LogP contribution in [0.4, 0.5) is 4.79 Å². The Morgan fingerprint density at radius 1 is 1.06 bits per heavy atom. The summed E-state index contributed by atoms with van der Waals surface area (Å²) in [5.74, 6) is 0.427. The Morgan fingerprint density at radius 2 is 1.65 bits per heavy atom. The zero-order valence-corrected chi connectivity index (χ0v) is 20.0. The van der Waals surface area contributed by atoms with E-state index in [1.54, 1.807) is 18.7 Å². The number of hydrogen-bond donors (Lipinski definition) is 3. The van der Waals surface area contributed by atoms with Gasteiger partial charge in [-0.3, -0.25) is 9.59 Å². The van der Waals surface area contributed by atoms with E-state index in [1.807, 2.05) is 24.3 Å². The number of carbonyl (C=O) groups is 3. The molecule has 7 nitrogen and oxygen atoms in total. The standard InChI is InChI=1S/C26H30N2O5S/c1-17(14-23(29)28-26(15-24(30)31)10-12-34-13-11-26)27-25(32)33-16-22-20-8-4-2-6-18(20)19-7-3-5-9-21(19)22/h2-9,17,22H,10-16H2,1H3,(H,27,32)(H,28,29)(H,30,31)/t17-/m0/s1. The second kappa shape index (κ2) is 10.5. The minimum absolute atomic E-state index is 0.0307. The second-order valence-electron chi connectivity index (χ2n) is 9.09. The molecule has 1 aliphatic heterocycles. The number of rotatable bonds is 8. The van der Waals surface area contributed by atoms with Gasteiger partial charge in [-0.25, -0.2) is 4.79 Å². The normalized spacial score (nSPS) is 17.2. The molecule has 34 heavy (non-hydrogen) atoms. The van der Waals surface area contributed by atoms with Gasteiger partial charge in [-0.2, -0.15) is 11.8 Å². The fourth-order valence-electron chi connectivity index (χ4n) is 4.91. The maximum Gasteiger partial charge on any atom is 0.407 e. The SMILES string of the molecule is C[C@@H](CC(=O)NC1(CC(=O)O)CCSCC1)NC(=O)OCC1c2ccccc2-c2ccccc21. The molecule has 0 radical (unpaired) electrons. The van der Waals surface area contributed by atoms with Gasteiger partial charge in [0, 0.05) is 18.4 Å². The van der Waals surface area contributed by atoms with E-state index >= 15 is 0 Å². The number of aliphatic carboxylic acids is 1. The van der Waals surface area contributed by atoms with Crippen LogP contribution in [0.5, 0.6) is 0 Å². The van der Waals surface area contributed by atoms with Crippen LogP contribution in [0.25, 0.3) is 11.1 Å². The molecule has 1 fully saturated rings. The molecule has 1 heterocycles. The Bertz CT molecular complexity index is 1020. The van der Waals surface area contributed by atoms with Crippen molar-refractivity contribution >= 4 is 29.7 Å². The van der Waals surface area contributed by atoms with E-state index in [-0.39, 0.29) is 31.3 Å². The lowest BCUT2D eigenvalue weighted by Gasteiger charge is -2.37. The molecule has 1 saturated heterocycles. The third kappa shape index (κ3) is 5.55. The molecule has 180 valence electrons. The summed E-state index contributed by atoms with van der Waals surface area (Å²) in [6.07, 6.45) is 0.650. The highest BCUT2D eigenvalue weighted by atomic mass is 32.2. The van der Waals surface area contributed by atoms with Gasteiger partial charge < -0.3 is 20.5 Å². The number of carboxylic acid groups (broad SMARTS) is 1. The molecule has 2 aromatic rings. The number of ether oxygens (including phenoxy) is 1. The lowest BCUT2D eigenvalue weighted by atomic mass is 9.88. The first-order valence-corrected chi connectivity index (χ1v) is 12.7. The summed E-state index contributed by atoms with van der Waals surface area (Å²) in [7, 11) is 0. The molecule has 1 aliphatic carbocycles. The van der Waals surface area contributed by atoms with Crippen molar-refractivity contribution in [1.29, 1.82) is 0 Å². The number of carboxylic acids is 1. The van der Waals surface area contributed by atoms with Gasteiger partial charge in [-0.05, 0) is 53.5 Å². The van der Waals surface area contributed by atoms with E-state index in [9.17, 15) is 19.5 Å². The monoisotopic (exact) mass is 482 g/mol. The summed E-state index contributed by atoms with van der Waals surface area (Å²) in [5.41, 5.74) is 3.89. The number of nitrogens with one attached hydrogen (secondary N) is 2. The van der Waals surface area contributed by atoms with Crippen LogP contribution >= 0.6 is 11.8 Å². The Hall–Kier alpha value is -3.00. The summed E-state index contributed by atoms with van der Waals surface area (Å²) in [4.78, 5) is 36.4. The topological polar surface area (TPSA) is 105 Å². The van der Waals surface area contributed by atoms with Crippen LogP contribution in [-0.2, 0) is 14.3 Å². The van der Waals surface area contributed by atoms with E-state index in [4.69, 9.17) is 4.74 Å². The molecule has 0 spiro atoms. The van der Waals surface area contributed by atoms with Gasteiger partial charge in [0.15, 0.2) is 0 Å². The van der Waals surface area contributed by atoms with Gasteiger partial charge in [0.05, 0.1) is 12.0 Å². The zero-order chi connectivity index (χ0) is 24.1. The van der Waals surface area contributed by atoms with E-state index in [1.165, 1.54) is 0 Å². The van der Waals surface area contributed by atoms with Crippen LogP contribution < -0.4 is 10.6 Å². The smallest absolute Gasteiger partial charge is 0.407 e. The second-order valence-corrected chi connectivity index (χ2v) is 10.3. The molecule has 0 saturated carbocycles. The summed E-state index contributed by atoms with van der Waals surface area (Å²) < 4.78 is 5.55. The zero-order valence-electron chi connectivity index (χ0n) is 19.2. The van der Waals surface area contributed by atoms with Crippen LogP contribution in [0.2, 0.25) is 0 Å². The van der Waals surface area contributed by atoms with Crippen LogP contribution in [0, 0.1) is 0 Å². The highest BCUT2D eigenvalue weighted by Gasteiger charge is 2.36. The molecule has 2 aliphatic rings. The van der Waals surface area contributed by atoms with Crippen LogP contribution in [0.15, 0.2) is 48.5 Å². The van der Waals surface area contributed by atoms with E-state index in [0.717, 1.165) is 33.8 Å². The maximum absolute atomic E-state index is 12.6. The fourth-order valence-corrected chi connectivity index (χ4v) is 6.19. The number of alkyl carbamates (subject to hydrolysis) is 1. The van der Waals surface area contributed by atoms with Crippen molar-refractivity contribution in [2.24, 2.45) is 0 Å². The van der Waals surface area contributed by atoms with Crippen molar-refractivity contribution in [3.63, 3.8) is 0 Å². The van der Waals surface area contributed by atoms with Gasteiger partial charge in [0.25, 0.3) is 0 Å². The minimum Gasteiger partial charge on any atom is -0.481 e. The van der Waals surface area contributed by atoms with Gasteiger partial charge >= 0.3 is 12.1 Å². The molecular weight excluding hydrogens is 452 g/mol. The minimum atomic E-state index is -0.919. The number of carbonyl (C=O) groups excluding carboxylic acids is 2. The fraction of sp³-hybridized carbons (Fsp3) is 0.423. The summed E-state index contributed by atoms with van der Waals surface area (Å²) in [6.45, 7) is 1.94. The van der Waals surface area contributed by atoms with Crippen molar-refractivity contribution in [3.05, 3.63) is 59.7 Å². The molecule has 1 atom stereocenters. The van der Waals surface area contributed by atoms with Crippen LogP contribution in [-0.4, -0.2) is 52.8 Å². The Morgan fingerprint density at radius 3 is 2.24 bits per heavy atom. The Kier molecular flexibility index (Phi) is 7.46. The average Bonchev–Trinajstić information content (AvgIpc) is 3.11. The average molecular weight is 483 g/mol. The highest BCUT2D eigenvalue weighted by Crippen LogP contribution is 2.44. The summed E-state index contributed by atoms with van der Waals surface area (Å²) >= 11 is 1.76. The van der Waals surface area contributed by atoms with Crippen molar-refractivity contribution in [2.45, 2.75) is 50.1 Å². The first-order valence-electron chi connectivity index (χ1n) is 11.6. The van der Waals surface area contributed by atoms with Crippen molar-refractivity contribution in [2.75, 3.05) is 18.1 Å². The maximum atomic E-state index is 12.6. The van der Waals surface area contributed by atoms with Gasteiger partial charge in [0.1, 0.15) is 6.61 Å². The molecule has 2 aromatic carbocycles. The lowest BCUT2D eigenvalue weighted by molar-refractivity contribution is -0.139. The molecule has 0 aromatic heterocycles. The Labute approximate surface area is 203 Å². The van der Waals surface area contributed by atoms with Crippen molar-refractivity contribution in [3.8, 4) is 11.1 Å². The molecule has 0 bridgehead atoms. The first-order chi connectivity index (χ1) is 16.4. The highest BCUT2D eigenvalue weighted by molar-refractivity contribution is 7.99. The third-order valence-corrected chi connectivity index (χ3v) is 7.53. The quantitative estimate of drug-likeness (QED) is 0.522. The summed E-state index contributed by atoms with van der Waals surface area (Å²) in [6, 6.07) is 15.8. The lowest BCUT2D eigenvalue weighted by Crippen LogP contribution is -2.53. The Balaban J connectivity index is 1.30. The van der Waals surface area contributed by atoms with E-state index < -0.39 is 23.6 Å². The molecule has 2 amide bonds. The van der Waals surface area contributed by atoms with E-state index in [0.29, 0.717) is 12.8 Å². The molecular formula is C26H30N2O5S. The number of hydrogen-bond acceptors (Lipinski definition) is 5. The molecule has 4 rings (SSSR count). The number of thioether (sulfide) groups is 1. The predicted molar refractivity (Wildman–Crippen MR) is 132 cm³/mol. The van der Waals surface area contributed by atoms with Crippen LogP contribution in [0.1, 0.15) is 49.7 Å². The van der Waals surface area contributed by atoms with Crippen LogP contribution in [0.3, 0.4) is 0 Å². The largest absolute Gasteiger partial charge is 0.481 e.